The summed E-state index contributed by atoms with van der Waals surface area (Å²) in [7, 11) is 0. The average Bonchev–Trinajstić information content (AvgIpc) is 2.65. The Kier molecular flexibility index (Phi) is 4.44. The van der Waals surface area contributed by atoms with Gasteiger partial charge in [0.15, 0.2) is 6.61 Å². The Morgan fingerprint density at radius 3 is 2.73 bits per heavy atom. The molecule has 1 saturated carbocycles. The van der Waals surface area contributed by atoms with Gasteiger partial charge in [0, 0.05) is 16.5 Å². The largest absolute Gasteiger partial charge is 0.483 e. The number of fused-ring (bicyclic) bond motifs is 3. The highest BCUT2D eigenvalue weighted by atomic mass is 16.5. The third-order valence-corrected chi connectivity index (χ3v) is 5.53. The highest BCUT2D eigenvalue weighted by Crippen LogP contribution is 2.32. The molecule has 6 nitrogen and oxygen atoms in total. The summed E-state index contributed by atoms with van der Waals surface area (Å²) < 4.78 is 11.2. The Labute approximate surface area is 151 Å². The lowest BCUT2D eigenvalue weighted by Gasteiger charge is -2.32. The van der Waals surface area contributed by atoms with Gasteiger partial charge in [-0.2, -0.15) is 0 Å². The molecule has 0 aliphatic heterocycles. The molecule has 0 bridgehead atoms. The topological polar surface area (TPSA) is 88.8 Å². The van der Waals surface area contributed by atoms with Gasteiger partial charge in [-0.1, -0.05) is 0 Å². The van der Waals surface area contributed by atoms with Crippen LogP contribution in [0.2, 0.25) is 0 Å². The van der Waals surface area contributed by atoms with Gasteiger partial charge in [-0.3, -0.25) is 4.79 Å². The molecule has 0 unspecified atom stereocenters. The summed E-state index contributed by atoms with van der Waals surface area (Å²) in [6, 6.07) is 3.57. The number of carbonyl (C=O) groups excluding carboxylic acids is 1. The zero-order valence-electron chi connectivity index (χ0n) is 14.8. The molecule has 1 heterocycles. The lowest BCUT2D eigenvalue weighted by Crippen LogP contribution is -2.51. The van der Waals surface area contributed by atoms with Crippen LogP contribution >= 0.6 is 0 Å². The Bertz CT molecular complexity index is 917. The van der Waals surface area contributed by atoms with Gasteiger partial charge < -0.3 is 19.6 Å². The number of nitrogens with one attached hydrogen (secondary N) is 1. The number of ether oxygens (including phenoxy) is 1. The van der Waals surface area contributed by atoms with E-state index in [0.717, 1.165) is 60.6 Å². The molecule has 2 N–H and O–H groups in total. The SMILES string of the molecule is Cc1c(OCC(=O)N[C@H]2CC[C@@H]2O)ccc2c3c(c(=O)oc12)CCCC3. The van der Waals surface area contributed by atoms with Gasteiger partial charge >= 0.3 is 5.63 Å². The van der Waals surface area contributed by atoms with Crippen molar-refractivity contribution < 1.29 is 19.1 Å². The molecule has 2 aliphatic rings. The molecule has 1 amide bonds. The van der Waals surface area contributed by atoms with E-state index in [9.17, 15) is 14.7 Å². The average molecular weight is 357 g/mol. The fourth-order valence-electron chi connectivity index (χ4n) is 3.82. The molecule has 26 heavy (non-hydrogen) atoms. The second-order valence-electron chi connectivity index (χ2n) is 7.23. The van der Waals surface area contributed by atoms with Crippen molar-refractivity contribution in [2.75, 3.05) is 6.61 Å². The van der Waals surface area contributed by atoms with Crippen molar-refractivity contribution in [3.05, 3.63) is 39.2 Å². The molecular formula is C20H23NO5. The van der Waals surface area contributed by atoms with Gasteiger partial charge in [-0.15, -0.1) is 0 Å². The van der Waals surface area contributed by atoms with E-state index in [1.165, 1.54) is 0 Å². The number of hydrogen-bond donors (Lipinski definition) is 2. The predicted molar refractivity (Wildman–Crippen MR) is 96.5 cm³/mol. The first-order chi connectivity index (χ1) is 12.5. The fourth-order valence-corrected chi connectivity index (χ4v) is 3.82. The number of carbonyl (C=O) groups is 1. The van der Waals surface area contributed by atoms with Crippen LogP contribution in [0.3, 0.4) is 0 Å². The summed E-state index contributed by atoms with van der Waals surface area (Å²) in [5, 5.41) is 13.2. The van der Waals surface area contributed by atoms with Crippen molar-refractivity contribution in [3.8, 4) is 5.75 Å². The molecule has 1 aromatic carbocycles. The van der Waals surface area contributed by atoms with Gasteiger partial charge in [-0.05, 0) is 63.1 Å². The molecule has 0 saturated heterocycles. The lowest BCUT2D eigenvalue weighted by atomic mass is 9.89. The van der Waals surface area contributed by atoms with Gasteiger partial charge in [0.05, 0.1) is 12.1 Å². The minimum absolute atomic E-state index is 0.134. The van der Waals surface area contributed by atoms with Crippen molar-refractivity contribution in [1.29, 1.82) is 0 Å². The lowest BCUT2D eigenvalue weighted by molar-refractivity contribution is -0.126. The van der Waals surface area contributed by atoms with Crippen LogP contribution in [-0.4, -0.2) is 29.8 Å². The van der Waals surface area contributed by atoms with Crippen LogP contribution in [0.5, 0.6) is 5.75 Å². The maximum atomic E-state index is 12.3. The van der Waals surface area contributed by atoms with E-state index >= 15 is 0 Å². The van der Waals surface area contributed by atoms with Crippen LogP contribution < -0.4 is 15.7 Å². The zero-order chi connectivity index (χ0) is 18.3. The van der Waals surface area contributed by atoms with E-state index in [4.69, 9.17) is 9.15 Å². The number of hydrogen-bond acceptors (Lipinski definition) is 5. The van der Waals surface area contributed by atoms with Crippen molar-refractivity contribution in [1.82, 2.24) is 5.32 Å². The van der Waals surface area contributed by atoms with Gasteiger partial charge in [0.1, 0.15) is 11.3 Å². The number of benzene rings is 1. The zero-order valence-corrected chi connectivity index (χ0v) is 14.8. The highest BCUT2D eigenvalue weighted by Gasteiger charge is 2.30. The molecular weight excluding hydrogens is 334 g/mol. The highest BCUT2D eigenvalue weighted by molar-refractivity contribution is 5.86. The summed E-state index contributed by atoms with van der Waals surface area (Å²) in [4.78, 5) is 24.3. The molecule has 2 aliphatic carbocycles. The van der Waals surface area contributed by atoms with E-state index in [1.54, 1.807) is 0 Å². The first-order valence-electron chi connectivity index (χ1n) is 9.23. The maximum absolute atomic E-state index is 12.3. The third-order valence-electron chi connectivity index (χ3n) is 5.53. The number of amides is 1. The van der Waals surface area contributed by atoms with Crippen molar-refractivity contribution in [2.24, 2.45) is 0 Å². The second kappa shape index (κ2) is 6.76. The maximum Gasteiger partial charge on any atom is 0.339 e. The molecule has 2 aromatic rings. The Morgan fingerprint density at radius 1 is 1.27 bits per heavy atom. The first-order valence-corrected chi connectivity index (χ1v) is 9.23. The Balaban J connectivity index is 1.56. The fraction of sp³-hybridized carbons (Fsp3) is 0.500. The standard InChI is InChI=1S/C20H23NO5/c1-11-17(25-10-18(23)21-15-7-8-16(15)22)9-6-13-12-4-2-3-5-14(12)20(24)26-19(11)13/h6,9,15-16,22H,2-5,7-8,10H2,1H3,(H,21,23)/t15-,16-/m0/s1. The van der Waals surface area contributed by atoms with E-state index in [2.05, 4.69) is 5.32 Å². The van der Waals surface area contributed by atoms with E-state index in [1.807, 2.05) is 19.1 Å². The monoisotopic (exact) mass is 357 g/mol. The minimum atomic E-state index is -0.457. The van der Waals surface area contributed by atoms with Crippen LogP contribution in [0.25, 0.3) is 11.0 Å². The van der Waals surface area contributed by atoms with Gasteiger partial charge in [0.2, 0.25) is 0 Å². The molecule has 0 spiro atoms. The van der Waals surface area contributed by atoms with E-state index in [-0.39, 0.29) is 24.2 Å². The van der Waals surface area contributed by atoms with E-state index < -0.39 is 6.10 Å². The number of rotatable bonds is 4. The molecule has 4 rings (SSSR count). The number of aliphatic hydroxyl groups excluding tert-OH is 1. The number of aliphatic hydroxyl groups is 1. The molecule has 138 valence electrons. The van der Waals surface area contributed by atoms with Crippen LogP contribution in [0, 0.1) is 6.92 Å². The molecule has 1 fully saturated rings. The van der Waals surface area contributed by atoms with Gasteiger partial charge in [0.25, 0.3) is 5.91 Å². The van der Waals surface area contributed by atoms with Gasteiger partial charge in [-0.25, -0.2) is 4.79 Å². The van der Waals surface area contributed by atoms with Crippen LogP contribution in [0.4, 0.5) is 0 Å². The number of aryl methyl sites for hydroxylation is 2. The molecule has 6 heteroatoms. The van der Waals surface area contributed by atoms with Crippen molar-refractivity contribution in [2.45, 2.75) is 57.6 Å². The van der Waals surface area contributed by atoms with Crippen LogP contribution in [0.1, 0.15) is 42.4 Å². The Hall–Kier alpha value is -2.34. The normalized spacial score (nSPS) is 21.8. The summed E-state index contributed by atoms with van der Waals surface area (Å²) in [5.41, 5.74) is 2.90. The molecule has 0 radical (unpaired) electrons. The summed E-state index contributed by atoms with van der Waals surface area (Å²) >= 11 is 0. The molecule has 1 aromatic heterocycles. The van der Waals surface area contributed by atoms with Crippen LogP contribution in [-0.2, 0) is 17.6 Å². The quantitative estimate of drug-likeness (QED) is 0.817. The predicted octanol–water partition coefficient (Wildman–Crippen LogP) is 2.00. The Morgan fingerprint density at radius 2 is 2.04 bits per heavy atom. The first kappa shape index (κ1) is 17.1. The summed E-state index contributed by atoms with van der Waals surface area (Å²) in [5.74, 6) is 0.265. The second-order valence-corrected chi connectivity index (χ2v) is 7.23. The summed E-state index contributed by atoms with van der Waals surface area (Å²) in [6.45, 7) is 1.70. The molecule has 2 atom stereocenters. The summed E-state index contributed by atoms with van der Waals surface area (Å²) in [6.07, 6.45) is 4.82. The van der Waals surface area contributed by atoms with Crippen LogP contribution in [0.15, 0.2) is 21.3 Å². The minimum Gasteiger partial charge on any atom is -0.483 e. The van der Waals surface area contributed by atoms with Crippen molar-refractivity contribution in [3.63, 3.8) is 0 Å². The van der Waals surface area contributed by atoms with Crippen molar-refractivity contribution >= 4 is 16.9 Å². The third kappa shape index (κ3) is 2.98. The smallest absolute Gasteiger partial charge is 0.339 e. The van der Waals surface area contributed by atoms with E-state index in [0.29, 0.717) is 11.3 Å².